The van der Waals surface area contributed by atoms with Gasteiger partial charge in [0.05, 0.1) is 0 Å². The molecule has 0 amide bonds. The third kappa shape index (κ3) is 69.0. The quantitative estimate of drug-likeness (QED) is 0.0261. The molecule has 6 heteroatoms. The molecule has 0 fully saturated rings. The smallest absolute Gasteiger partial charge is 0.306 e. The minimum Gasteiger partial charge on any atom is -0.462 e. The van der Waals surface area contributed by atoms with Gasteiger partial charge in [-0.2, -0.15) is 0 Å². The van der Waals surface area contributed by atoms with Gasteiger partial charge in [0.25, 0.3) is 0 Å². The molecule has 83 heavy (non-hydrogen) atoms. The highest BCUT2D eigenvalue weighted by atomic mass is 16.6. The van der Waals surface area contributed by atoms with E-state index in [0.29, 0.717) is 19.3 Å². The van der Waals surface area contributed by atoms with Crippen molar-refractivity contribution in [2.45, 2.75) is 361 Å². The summed E-state index contributed by atoms with van der Waals surface area (Å²) in [4.78, 5) is 38.4. The lowest BCUT2D eigenvalue weighted by Crippen LogP contribution is -2.30. The zero-order valence-electron chi connectivity index (χ0n) is 54.9. The van der Waals surface area contributed by atoms with Crippen molar-refractivity contribution in [1.29, 1.82) is 0 Å². The number of esters is 3. The fourth-order valence-electron chi connectivity index (χ4n) is 10.3. The van der Waals surface area contributed by atoms with Crippen molar-refractivity contribution in [3.8, 4) is 0 Å². The van der Waals surface area contributed by atoms with Crippen molar-refractivity contribution in [2.75, 3.05) is 13.2 Å². The molecule has 1 atom stereocenters. The Kier molecular flexibility index (Phi) is 67.7. The summed E-state index contributed by atoms with van der Waals surface area (Å²) in [5, 5.41) is 0. The number of rotatable bonds is 65. The molecule has 0 spiro atoms. The van der Waals surface area contributed by atoms with Gasteiger partial charge in [-0.1, -0.05) is 317 Å². The second-order valence-electron chi connectivity index (χ2n) is 23.7. The van der Waals surface area contributed by atoms with Crippen molar-refractivity contribution < 1.29 is 28.6 Å². The van der Waals surface area contributed by atoms with Gasteiger partial charge in [-0.15, -0.1) is 0 Å². The van der Waals surface area contributed by atoms with Gasteiger partial charge in [0.1, 0.15) is 13.2 Å². The van der Waals surface area contributed by atoms with E-state index in [4.69, 9.17) is 14.2 Å². The van der Waals surface area contributed by atoms with Crippen molar-refractivity contribution >= 4 is 17.9 Å². The maximum atomic E-state index is 12.9. The summed E-state index contributed by atoms with van der Waals surface area (Å²) < 4.78 is 16.9. The molecule has 0 heterocycles. The van der Waals surface area contributed by atoms with E-state index in [0.717, 1.165) is 135 Å². The van der Waals surface area contributed by atoms with Crippen LogP contribution in [0.1, 0.15) is 355 Å². The van der Waals surface area contributed by atoms with Crippen molar-refractivity contribution in [1.82, 2.24) is 0 Å². The zero-order valence-corrected chi connectivity index (χ0v) is 54.9. The van der Waals surface area contributed by atoms with Crippen LogP contribution < -0.4 is 0 Å². The second-order valence-corrected chi connectivity index (χ2v) is 23.7. The van der Waals surface area contributed by atoms with Crippen LogP contribution in [0.4, 0.5) is 0 Å². The monoisotopic (exact) mass is 1160 g/mol. The van der Waals surface area contributed by atoms with Crippen LogP contribution in [0, 0.1) is 0 Å². The molecule has 0 aliphatic rings. The number of unbranched alkanes of at least 4 members (excludes halogenated alkanes) is 38. The van der Waals surface area contributed by atoms with E-state index in [1.165, 1.54) is 180 Å². The first-order valence-corrected chi connectivity index (χ1v) is 35.7. The summed E-state index contributed by atoms with van der Waals surface area (Å²) in [6.45, 7) is 6.42. The zero-order chi connectivity index (χ0) is 59.9. The molecule has 0 aromatic heterocycles. The Bertz CT molecular complexity index is 1610. The highest BCUT2D eigenvalue weighted by Crippen LogP contribution is 2.18. The standard InChI is InChI=1S/C77H134O6/c1-4-7-10-13-16-19-22-25-28-30-31-32-33-34-35-36-37-38-39-40-41-42-43-44-45-47-49-52-55-58-61-64-67-70-76(79)82-73-74(72-81-75(78)69-66-63-60-57-54-51-48-27-24-21-18-15-12-9-6-3)83-77(80)71-68-65-62-59-56-53-50-46-29-26-23-20-17-14-11-8-5-2/h8-9,11-12,17-18,20-21,26-27,29-31,48,50,53,74H,4-7,10,13-16,19,22-25,28,32-47,49,51-52,54-73H2,1-3H3/b11-8-,12-9-,20-17-,21-18-,29-26-,31-30-,48-27-,53-50-. The molecular weight excluding hydrogens is 1020 g/mol. The average Bonchev–Trinajstić information content (AvgIpc) is 3.49. The van der Waals surface area contributed by atoms with Gasteiger partial charge in [0.2, 0.25) is 0 Å². The van der Waals surface area contributed by atoms with Crippen LogP contribution in [0.3, 0.4) is 0 Å². The number of hydrogen-bond donors (Lipinski definition) is 0. The van der Waals surface area contributed by atoms with E-state index in [1.54, 1.807) is 0 Å². The van der Waals surface area contributed by atoms with Crippen LogP contribution in [0.5, 0.6) is 0 Å². The lowest BCUT2D eigenvalue weighted by Gasteiger charge is -2.18. The molecule has 0 saturated carbocycles. The first-order valence-electron chi connectivity index (χ1n) is 35.7. The summed E-state index contributed by atoms with van der Waals surface area (Å²) >= 11 is 0. The minimum atomic E-state index is -0.799. The predicted molar refractivity (Wildman–Crippen MR) is 362 cm³/mol. The Balaban J connectivity index is 4.19. The van der Waals surface area contributed by atoms with Crippen LogP contribution >= 0.6 is 0 Å². The fourth-order valence-corrected chi connectivity index (χ4v) is 10.3. The lowest BCUT2D eigenvalue weighted by atomic mass is 10.0. The SMILES string of the molecule is CC/C=C\C/C=C\C/C=C\C/C=C\CCCCCCC(=O)OC(COC(=O)CCCCCCC/C=C\C/C=C\C/C=C\CC)COC(=O)CCCCCCCCCCCCCCCCCCCCCCC/C=C\CCCCCCCCCC. The number of carbonyl (C=O) groups excluding carboxylic acids is 3. The molecule has 6 nitrogen and oxygen atoms in total. The van der Waals surface area contributed by atoms with E-state index in [2.05, 4.69) is 118 Å². The third-order valence-corrected chi connectivity index (χ3v) is 15.6. The summed E-state index contributed by atoms with van der Waals surface area (Å²) in [6.07, 6.45) is 96.0. The minimum absolute atomic E-state index is 0.0912. The van der Waals surface area contributed by atoms with E-state index in [9.17, 15) is 14.4 Å². The summed E-state index contributed by atoms with van der Waals surface area (Å²) in [7, 11) is 0. The first kappa shape index (κ1) is 79.3. The number of carbonyl (C=O) groups is 3. The number of ether oxygens (including phenoxy) is 3. The normalized spacial score (nSPS) is 12.7. The predicted octanol–water partition coefficient (Wildman–Crippen LogP) is 24.8. The molecule has 1 unspecified atom stereocenters. The highest BCUT2D eigenvalue weighted by molar-refractivity contribution is 5.71. The van der Waals surface area contributed by atoms with E-state index >= 15 is 0 Å². The summed E-state index contributed by atoms with van der Waals surface area (Å²) in [5.74, 6) is -0.919. The number of allylic oxidation sites excluding steroid dienone is 16. The van der Waals surface area contributed by atoms with Crippen LogP contribution in [0.2, 0.25) is 0 Å². The summed E-state index contributed by atoms with van der Waals surface area (Å²) in [5.41, 5.74) is 0. The van der Waals surface area contributed by atoms with E-state index in [1.807, 2.05) is 0 Å². The molecular formula is C77H134O6. The summed E-state index contributed by atoms with van der Waals surface area (Å²) in [6, 6.07) is 0. The molecule has 0 radical (unpaired) electrons. The molecule has 0 N–H and O–H groups in total. The van der Waals surface area contributed by atoms with Crippen molar-refractivity contribution in [3.05, 3.63) is 97.2 Å². The molecule has 0 rings (SSSR count). The van der Waals surface area contributed by atoms with E-state index in [-0.39, 0.29) is 31.1 Å². The molecule has 478 valence electrons. The van der Waals surface area contributed by atoms with Crippen molar-refractivity contribution in [2.24, 2.45) is 0 Å². The van der Waals surface area contributed by atoms with Gasteiger partial charge in [0.15, 0.2) is 6.10 Å². The van der Waals surface area contributed by atoms with Gasteiger partial charge >= 0.3 is 17.9 Å². The Morgan fingerprint density at radius 2 is 0.470 bits per heavy atom. The fraction of sp³-hybridized carbons (Fsp3) is 0.753. The van der Waals surface area contributed by atoms with Gasteiger partial charge in [0, 0.05) is 19.3 Å². The average molecular weight is 1160 g/mol. The molecule has 0 bridgehead atoms. The van der Waals surface area contributed by atoms with Crippen LogP contribution in [0.15, 0.2) is 97.2 Å². The molecule has 0 aliphatic heterocycles. The van der Waals surface area contributed by atoms with Gasteiger partial charge in [-0.25, -0.2) is 0 Å². The van der Waals surface area contributed by atoms with Crippen LogP contribution in [0.25, 0.3) is 0 Å². The third-order valence-electron chi connectivity index (χ3n) is 15.6. The Labute approximate surface area is 515 Å². The molecule has 0 aromatic carbocycles. The number of hydrogen-bond acceptors (Lipinski definition) is 6. The molecule has 0 saturated heterocycles. The van der Waals surface area contributed by atoms with Gasteiger partial charge < -0.3 is 14.2 Å². The first-order chi connectivity index (χ1) is 41.0. The van der Waals surface area contributed by atoms with Crippen molar-refractivity contribution in [3.63, 3.8) is 0 Å². The topological polar surface area (TPSA) is 78.9 Å². The van der Waals surface area contributed by atoms with E-state index < -0.39 is 6.10 Å². The lowest BCUT2D eigenvalue weighted by molar-refractivity contribution is -0.167. The Morgan fingerprint density at radius 1 is 0.253 bits per heavy atom. The molecule has 0 aromatic rings. The maximum Gasteiger partial charge on any atom is 0.306 e. The Hall–Kier alpha value is -3.67. The highest BCUT2D eigenvalue weighted by Gasteiger charge is 2.19. The maximum absolute atomic E-state index is 12.9. The Morgan fingerprint density at radius 3 is 0.747 bits per heavy atom. The van der Waals surface area contributed by atoms with Crippen LogP contribution in [-0.4, -0.2) is 37.2 Å². The van der Waals surface area contributed by atoms with Gasteiger partial charge in [-0.3, -0.25) is 14.4 Å². The van der Waals surface area contributed by atoms with Gasteiger partial charge in [-0.05, 0) is 116 Å². The van der Waals surface area contributed by atoms with Crippen LogP contribution in [-0.2, 0) is 28.6 Å². The second kappa shape index (κ2) is 70.8. The molecule has 0 aliphatic carbocycles. The largest absolute Gasteiger partial charge is 0.462 e.